The van der Waals surface area contributed by atoms with Gasteiger partial charge < -0.3 is 0 Å². The van der Waals surface area contributed by atoms with Crippen LogP contribution in [0.2, 0.25) is 0 Å². The summed E-state index contributed by atoms with van der Waals surface area (Å²) in [6, 6.07) is 8.65. The van der Waals surface area contributed by atoms with E-state index in [0.29, 0.717) is 5.75 Å². The summed E-state index contributed by atoms with van der Waals surface area (Å²) in [6.07, 6.45) is 5.55. The fourth-order valence-corrected chi connectivity index (χ4v) is 5.32. The van der Waals surface area contributed by atoms with Gasteiger partial charge in [-0.25, -0.2) is 4.98 Å². The smallest absolute Gasteiger partial charge is 0.272 e. The summed E-state index contributed by atoms with van der Waals surface area (Å²) in [6.45, 7) is 0. The number of nitro benzene ring substituents is 1. The number of non-ortho nitro benzene ring substituents is 1. The zero-order chi connectivity index (χ0) is 18.8. The highest BCUT2D eigenvalue weighted by Crippen LogP contribution is 2.32. The first-order valence-electron chi connectivity index (χ1n) is 8.99. The van der Waals surface area contributed by atoms with Crippen LogP contribution in [0.4, 0.5) is 5.69 Å². The quantitative estimate of drug-likeness (QED) is 0.255. The van der Waals surface area contributed by atoms with E-state index in [1.54, 1.807) is 12.1 Å². The van der Waals surface area contributed by atoms with Gasteiger partial charge >= 0.3 is 0 Å². The average Bonchev–Trinajstić information content (AvgIpc) is 3.16. The Morgan fingerprint density at radius 1 is 1.19 bits per heavy atom. The molecule has 2 aromatic heterocycles. The molecule has 1 aliphatic carbocycles. The molecule has 0 atom stereocenters. The maximum absolute atomic E-state index is 13.1. The third-order valence-corrected chi connectivity index (χ3v) is 6.85. The van der Waals surface area contributed by atoms with Gasteiger partial charge in [-0.2, -0.15) is 0 Å². The second kappa shape index (κ2) is 7.82. The first kappa shape index (κ1) is 18.2. The minimum absolute atomic E-state index is 0.0631. The third-order valence-electron chi connectivity index (χ3n) is 4.93. The van der Waals surface area contributed by atoms with Gasteiger partial charge in [-0.1, -0.05) is 43.2 Å². The largest absolute Gasteiger partial charge is 0.283 e. The van der Waals surface area contributed by atoms with Gasteiger partial charge in [-0.15, -0.1) is 11.3 Å². The van der Waals surface area contributed by atoms with Crippen molar-refractivity contribution in [2.24, 2.45) is 0 Å². The molecule has 0 radical (unpaired) electrons. The molecule has 1 saturated carbocycles. The highest BCUT2D eigenvalue weighted by molar-refractivity contribution is 7.98. The molecule has 140 valence electrons. The molecule has 1 aliphatic rings. The van der Waals surface area contributed by atoms with Crippen molar-refractivity contribution in [1.29, 1.82) is 0 Å². The number of aromatic nitrogens is 2. The molecule has 3 aromatic rings. The summed E-state index contributed by atoms with van der Waals surface area (Å²) in [4.78, 5) is 28.2. The Morgan fingerprint density at radius 2 is 1.93 bits per heavy atom. The molecule has 27 heavy (non-hydrogen) atoms. The monoisotopic (exact) mass is 401 g/mol. The number of nitro groups is 1. The summed E-state index contributed by atoms with van der Waals surface area (Å²) >= 11 is 2.98. The van der Waals surface area contributed by atoms with Crippen molar-refractivity contribution in [1.82, 2.24) is 9.55 Å². The van der Waals surface area contributed by atoms with Gasteiger partial charge in [0.15, 0.2) is 5.16 Å². The molecule has 1 aromatic carbocycles. The van der Waals surface area contributed by atoms with Crippen LogP contribution in [0.1, 0.15) is 43.7 Å². The number of fused-ring (bicyclic) bond motifs is 1. The zero-order valence-electron chi connectivity index (χ0n) is 14.7. The molecule has 0 amide bonds. The third kappa shape index (κ3) is 3.77. The maximum Gasteiger partial charge on any atom is 0.272 e. The average molecular weight is 402 g/mol. The second-order valence-corrected chi connectivity index (χ2v) is 8.57. The highest BCUT2D eigenvalue weighted by atomic mass is 32.2. The second-order valence-electron chi connectivity index (χ2n) is 6.71. The van der Waals surface area contributed by atoms with Gasteiger partial charge in [0.25, 0.3) is 11.2 Å². The SMILES string of the molecule is O=c1c2sccc2nc(SCc2ccc([N+](=O)[O-])cc2)n1C1CCCCC1. The highest BCUT2D eigenvalue weighted by Gasteiger charge is 2.22. The Hall–Kier alpha value is -2.19. The van der Waals surface area contributed by atoms with E-state index < -0.39 is 4.92 Å². The van der Waals surface area contributed by atoms with Crippen LogP contribution in [0.5, 0.6) is 0 Å². The molecular weight excluding hydrogens is 382 g/mol. The summed E-state index contributed by atoms with van der Waals surface area (Å²) in [5.74, 6) is 0.618. The van der Waals surface area contributed by atoms with Crippen LogP contribution in [0.3, 0.4) is 0 Å². The van der Waals surface area contributed by atoms with Crippen molar-refractivity contribution in [3.63, 3.8) is 0 Å². The lowest BCUT2D eigenvalue weighted by Gasteiger charge is -2.25. The molecule has 0 N–H and O–H groups in total. The van der Waals surface area contributed by atoms with Crippen molar-refractivity contribution in [2.45, 2.75) is 49.1 Å². The molecule has 0 spiro atoms. The van der Waals surface area contributed by atoms with Crippen LogP contribution in [0.25, 0.3) is 10.2 Å². The fourth-order valence-electron chi connectivity index (χ4n) is 3.53. The summed E-state index contributed by atoms with van der Waals surface area (Å²) in [7, 11) is 0. The molecule has 2 heterocycles. The molecule has 0 unspecified atom stereocenters. The van der Waals surface area contributed by atoms with Gasteiger partial charge in [0.2, 0.25) is 0 Å². The van der Waals surface area contributed by atoms with E-state index in [0.717, 1.165) is 46.6 Å². The Morgan fingerprint density at radius 3 is 2.63 bits per heavy atom. The zero-order valence-corrected chi connectivity index (χ0v) is 16.3. The van der Waals surface area contributed by atoms with E-state index in [2.05, 4.69) is 0 Å². The standard InChI is InChI=1S/C19H19N3O3S2/c23-18-17-16(10-11-26-17)20-19(21(18)14-4-2-1-3-5-14)27-12-13-6-8-15(9-7-13)22(24)25/h6-11,14H,1-5,12H2. The fraction of sp³-hybridized carbons (Fsp3) is 0.368. The van der Waals surface area contributed by atoms with Crippen LogP contribution in [-0.4, -0.2) is 14.5 Å². The van der Waals surface area contributed by atoms with E-state index in [1.807, 2.05) is 16.0 Å². The predicted molar refractivity (Wildman–Crippen MR) is 109 cm³/mol. The van der Waals surface area contributed by atoms with Crippen LogP contribution in [0.15, 0.2) is 45.7 Å². The summed E-state index contributed by atoms with van der Waals surface area (Å²) in [5.41, 5.74) is 1.87. The lowest BCUT2D eigenvalue weighted by molar-refractivity contribution is -0.384. The molecule has 1 fully saturated rings. The first-order chi connectivity index (χ1) is 13.1. The Balaban J connectivity index is 1.65. The van der Waals surface area contributed by atoms with E-state index in [9.17, 15) is 14.9 Å². The van der Waals surface area contributed by atoms with Gasteiger partial charge in [-0.05, 0) is 29.9 Å². The minimum atomic E-state index is -0.399. The van der Waals surface area contributed by atoms with Crippen molar-refractivity contribution in [2.75, 3.05) is 0 Å². The van der Waals surface area contributed by atoms with Crippen LogP contribution < -0.4 is 5.56 Å². The predicted octanol–water partition coefficient (Wildman–Crippen LogP) is 5.16. The van der Waals surface area contributed by atoms with Crippen LogP contribution in [0, 0.1) is 10.1 Å². The van der Waals surface area contributed by atoms with Gasteiger partial charge in [0.1, 0.15) is 4.70 Å². The van der Waals surface area contributed by atoms with Crippen LogP contribution in [-0.2, 0) is 5.75 Å². The first-order valence-corrected chi connectivity index (χ1v) is 10.9. The number of thiophene rings is 1. The number of benzene rings is 1. The number of hydrogen-bond donors (Lipinski definition) is 0. The van der Waals surface area contributed by atoms with E-state index in [-0.39, 0.29) is 17.3 Å². The molecular formula is C19H19N3O3S2. The van der Waals surface area contributed by atoms with Gasteiger partial charge in [0, 0.05) is 23.9 Å². The maximum atomic E-state index is 13.1. The molecule has 0 bridgehead atoms. The van der Waals surface area contributed by atoms with Gasteiger partial charge in [0.05, 0.1) is 10.4 Å². The lowest BCUT2D eigenvalue weighted by Crippen LogP contribution is -2.28. The lowest BCUT2D eigenvalue weighted by atomic mass is 9.95. The van der Waals surface area contributed by atoms with E-state index in [4.69, 9.17) is 4.98 Å². The Labute approximate surface area is 164 Å². The molecule has 0 aliphatic heterocycles. The molecule has 4 rings (SSSR count). The molecule has 6 nitrogen and oxygen atoms in total. The van der Waals surface area contributed by atoms with E-state index >= 15 is 0 Å². The van der Waals surface area contributed by atoms with E-state index in [1.165, 1.54) is 41.7 Å². The molecule has 0 saturated heterocycles. The van der Waals surface area contributed by atoms with Crippen molar-refractivity contribution >= 4 is 39.0 Å². The summed E-state index contributed by atoms with van der Waals surface area (Å²) in [5, 5.41) is 13.5. The minimum Gasteiger partial charge on any atom is -0.283 e. The number of thioether (sulfide) groups is 1. The normalized spacial score (nSPS) is 15.3. The van der Waals surface area contributed by atoms with Gasteiger partial charge in [-0.3, -0.25) is 19.5 Å². The van der Waals surface area contributed by atoms with Crippen LogP contribution >= 0.6 is 23.1 Å². The van der Waals surface area contributed by atoms with Crippen molar-refractivity contribution in [3.8, 4) is 0 Å². The Bertz CT molecular complexity index is 1020. The Kier molecular flexibility index (Phi) is 5.27. The van der Waals surface area contributed by atoms with Crippen molar-refractivity contribution < 1.29 is 4.92 Å². The summed E-state index contributed by atoms with van der Waals surface area (Å²) < 4.78 is 2.62. The number of nitrogens with zero attached hydrogens (tertiary/aromatic N) is 3. The topological polar surface area (TPSA) is 78.0 Å². The number of rotatable bonds is 5. The molecule has 8 heteroatoms. The van der Waals surface area contributed by atoms with Crippen molar-refractivity contribution in [3.05, 3.63) is 61.7 Å². The number of hydrogen-bond acceptors (Lipinski definition) is 6.